The minimum absolute atomic E-state index is 0.00507. The summed E-state index contributed by atoms with van der Waals surface area (Å²) in [5, 5.41) is 8.97. The van der Waals surface area contributed by atoms with Gasteiger partial charge in [-0.3, -0.25) is 4.79 Å². The topological polar surface area (TPSA) is 82.5 Å². The number of hydrogen-bond donors (Lipinski definition) is 2. The van der Waals surface area contributed by atoms with E-state index in [2.05, 4.69) is 5.43 Å². The van der Waals surface area contributed by atoms with E-state index in [9.17, 15) is 28.1 Å². The molecular formula is C19H13ClF3N3O4+2. The fourth-order valence-corrected chi connectivity index (χ4v) is 2.68. The highest BCUT2D eigenvalue weighted by Crippen LogP contribution is 2.37. The maximum atomic E-state index is 12.8. The number of rotatable bonds is 5. The first-order valence-corrected chi connectivity index (χ1v) is 8.65. The van der Waals surface area contributed by atoms with Gasteiger partial charge in [-0.15, -0.1) is 5.43 Å². The fraction of sp³-hybridized carbons (Fsp3) is 0.0526. The monoisotopic (exact) mass is 439 g/mol. The standard InChI is InChI=1S/C19H12ClF3N3O4/c20-15-10-12(19(21,22)23)4-7-17(15)30-13-5-6-16(26(28)29)14(11-13)18(27)24-25-8-2-1-3-9-25/h1-11H,(H-,24,27,28,29)/q+1/p+1. The molecule has 1 amide bonds. The SMILES string of the molecule is O=C(N[n+]1ccccc1)c1cc(Oc2ccc(C(F)(F)F)cc2Cl)ccc1[N+](=O)O. The van der Waals surface area contributed by atoms with Crippen LogP contribution in [0.2, 0.25) is 5.02 Å². The Balaban J connectivity index is 1.91. The van der Waals surface area contributed by atoms with Crippen molar-refractivity contribution in [3.05, 3.63) is 88.0 Å². The number of carbonyl (C=O) groups is 1. The van der Waals surface area contributed by atoms with Gasteiger partial charge in [0.25, 0.3) is 4.92 Å². The van der Waals surface area contributed by atoms with Gasteiger partial charge >= 0.3 is 17.8 Å². The summed E-state index contributed by atoms with van der Waals surface area (Å²) in [6.45, 7) is 0. The highest BCUT2D eigenvalue weighted by atomic mass is 35.5. The molecule has 7 nitrogen and oxygen atoms in total. The second-order valence-electron chi connectivity index (χ2n) is 5.92. The fourth-order valence-electron chi connectivity index (χ4n) is 2.46. The van der Waals surface area contributed by atoms with Gasteiger partial charge in [0.05, 0.1) is 15.5 Å². The summed E-state index contributed by atoms with van der Waals surface area (Å²) in [6.07, 6.45) is -1.50. The smallest absolute Gasteiger partial charge is 0.416 e. The molecule has 0 aliphatic carbocycles. The number of benzene rings is 2. The van der Waals surface area contributed by atoms with E-state index < -0.39 is 22.6 Å². The number of amides is 1. The van der Waals surface area contributed by atoms with Gasteiger partial charge in [0.2, 0.25) is 0 Å². The van der Waals surface area contributed by atoms with E-state index in [1.165, 1.54) is 23.1 Å². The van der Waals surface area contributed by atoms with Gasteiger partial charge in [-0.25, -0.2) is 5.21 Å². The number of ether oxygens (including phenoxy) is 1. The van der Waals surface area contributed by atoms with Crippen molar-refractivity contribution in [1.82, 2.24) is 0 Å². The molecule has 30 heavy (non-hydrogen) atoms. The molecule has 0 atom stereocenters. The van der Waals surface area contributed by atoms with Gasteiger partial charge in [-0.1, -0.05) is 22.3 Å². The van der Waals surface area contributed by atoms with Crippen LogP contribution in [-0.4, -0.2) is 16.0 Å². The molecule has 3 rings (SSSR count). The highest BCUT2D eigenvalue weighted by Gasteiger charge is 2.31. The van der Waals surface area contributed by atoms with Crippen LogP contribution in [0.5, 0.6) is 11.5 Å². The predicted molar refractivity (Wildman–Crippen MR) is 98.4 cm³/mol. The van der Waals surface area contributed by atoms with E-state index in [4.69, 9.17) is 16.3 Å². The van der Waals surface area contributed by atoms with Crippen molar-refractivity contribution in [3.63, 3.8) is 0 Å². The van der Waals surface area contributed by atoms with Gasteiger partial charge in [0, 0.05) is 24.3 Å². The molecule has 3 aromatic rings. The number of nitrogens with zero attached hydrogens (tertiary/aromatic N) is 2. The molecule has 2 N–H and O–H groups in total. The van der Waals surface area contributed by atoms with Crippen molar-refractivity contribution in [1.29, 1.82) is 0 Å². The van der Waals surface area contributed by atoms with E-state index >= 15 is 0 Å². The lowest BCUT2D eigenvalue weighted by Gasteiger charge is -2.11. The molecule has 1 heterocycles. The van der Waals surface area contributed by atoms with E-state index in [0.717, 1.165) is 24.3 Å². The quantitative estimate of drug-likeness (QED) is 0.449. The number of halogens is 4. The minimum Gasteiger partial charge on any atom is -0.456 e. The Kier molecular flexibility index (Phi) is 5.88. The first-order chi connectivity index (χ1) is 14.1. The molecule has 0 saturated heterocycles. The summed E-state index contributed by atoms with van der Waals surface area (Å²) in [7, 11) is 0. The maximum absolute atomic E-state index is 12.8. The van der Waals surface area contributed by atoms with Crippen LogP contribution in [0.4, 0.5) is 18.9 Å². The van der Waals surface area contributed by atoms with Gasteiger partial charge in [-0.05, 0) is 24.3 Å². The van der Waals surface area contributed by atoms with Crippen molar-refractivity contribution in [2.45, 2.75) is 6.18 Å². The number of carbonyl (C=O) groups excluding carboxylic acids is 1. The second-order valence-corrected chi connectivity index (χ2v) is 6.33. The average Bonchev–Trinajstić information content (AvgIpc) is 2.69. The van der Waals surface area contributed by atoms with E-state index in [1.54, 1.807) is 18.2 Å². The van der Waals surface area contributed by atoms with Crippen LogP contribution in [0.25, 0.3) is 0 Å². The number of nitrogens with one attached hydrogen (secondary N) is 1. The molecule has 2 aromatic carbocycles. The second kappa shape index (κ2) is 8.37. The van der Waals surface area contributed by atoms with Crippen molar-refractivity contribution >= 4 is 23.2 Å². The molecule has 0 unspecified atom stereocenters. The Morgan fingerprint density at radius 3 is 2.40 bits per heavy atom. The largest absolute Gasteiger partial charge is 0.456 e. The van der Waals surface area contributed by atoms with Gasteiger partial charge < -0.3 is 4.74 Å². The molecule has 11 heteroatoms. The van der Waals surface area contributed by atoms with Crippen LogP contribution in [0.1, 0.15) is 15.9 Å². The van der Waals surface area contributed by atoms with Crippen LogP contribution < -0.4 is 14.8 Å². The predicted octanol–water partition coefficient (Wildman–Crippen LogP) is 4.62. The Morgan fingerprint density at radius 1 is 1.10 bits per heavy atom. The third-order valence-corrected chi connectivity index (χ3v) is 4.15. The lowest BCUT2D eigenvalue weighted by atomic mass is 10.1. The van der Waals surface area contributed by atoms with Gasteiger partial charge in [0.1, 0.15) is 17.1 Å². The zero-order chi connectivity index (χ0) is 21.9. The molecular weight excluding hydrogens is 427 g/mol. The van der Waals surface area contributed by atoms with Crippen molar-refractivity contribution in [2.75, 3.05) is 5.43 Å². The number of alkyl halides is 3. The molecule has 0 aliphatic rings. The average molecular weight is 440 g/mol. The van der Waals surface area contributed by atoms with Crippen molar-refractivity contribution < 1.29 is 37.5 Å². The zero-order valence-electron chi connectivity index (χ0n) is 14.9. The normalized spacial score (nSPS) is 11.1. The lowest BCUT2D eigenvalue weighted by molar-refractivity contribution is -0.729. The van der Waals surface area contributed by atoms with E-state index in [0.29, 0.717) is 6.07 Å². The number of hydrogen-bond acceptors (Lipinski definition) is 3. The summed E-state index contributed by atoms with van der Waals surface area (Å²) in [5.41, 5.74) is 0.916. The lowest BCUT2D eigenvalue weighted by Crippen LogP contribution is -2.47. The Morgan fingerprint density at radius 2 is 1.80 bits per heavy atom. The molecule has 154 valence electrons. The molecule has 0 radical (unpaired) electrons. The summed E-state index contributed by atoms with van der Waals surface area (Å²) in [4.78, 5) is 23.5. The van der Waals surface area contributed by atoms with Gasteiger partial charge in [0.15, 0.2) is 12.4 Å². The summed E-state index contributed by atoms with van der Waals surface area (Å²) >= 11 is 5.87. The minimum atomic E-state index is -4.57. The van der Waals surface area contributed by atoms with Crippen molar-refractivity contribution in [3.8, 4) is 11.5 Å². The third-order valence-electron chi connectivity index (χ3n) is 3.85. The molecule has 0 bridgehead atoms. The third kappa shape index (κ3) is 4.84. The van der Waals surface area contributed by atoms with Crippen LogP contribution in [0.15, 0.2) is 67.0 Å². The van der Waals surface area contributed by atoms with Crippen LogP contribution >= 0.6 is 11.6 Å². The van der Waals surface area contributed by atoms with Crippen LogP contribution in [0.3, 0.4) is 0 Å². The van der Waals surface area contributed by atoms with E-state index in [1.807, 2.05) is 0 Å². The first-order valence-electron chi connectivity index (χ1n) is 8.27. The van der Waals surface area contributed by atoms with E-state index in [-0.39, 0.29) is 27.8 Å². The number of aromatic nitrogens is 1. The maximum Gasteiger partial charge on any atom is 0.416 e. The molecule has 0 spiro atoms. The highest BCUT2D eigenvalue weighted by molar-refractivity contribution is 6.32. The zero-order valence-corrected chi connectivity index (χ0v) is 15.7. The molecule has 0 fully saturated rings. The summed E-state index contributed by atoms with van der Waals surface area (Å²) in [6, 6.07) is 11.1. The Labute approximate surface area is 172 Å². The Hall–Kier alpha value is -3.66. The molecule has 0 saturated carbocycles. The summed E-state index contributed by atoms with van der Waals surface area (Å²) in [5.74, 6) is -0.838. The summed E-state index contributed by atoms with van der Waals surface area (Å²) < 4.78 is 45.1. The Bertz CT molecular complexity index is 1110. The first kappa shape index (κ1) is 21.1. The van der Waals surface area contributed by atoms with Crippen LogP contribution in [-0.2, 0) is 6.18 Å². The van der Waals surface area contributed by atoms with Crippen LogP contribution in [0, 0.1) is 4.91 Å². The molecule has 1 aromatic heterocycles. The molecule has 0 aliphatic heterocycles. The number of pyridine rings is 1. The van der Waals surface area contributed by atoms with Gasteiger partial charge in [-0.2, -0.15) is 13.2 Å². The van der Waals surface area contributed by atoms with Crippen molar-refractivity contribution in [2.24, 2.45) is 0 Å².